The van der Waals surface area contributed by atoms with E-state index >= 15 is 0 Å². The van der Waals surface area contributed by atoms with Gasteiger partial charge in [0.25, 0.3) is 0 Å². The molecule has 0 aromatic heterocycles. The highest BCUT2D eigenvalue weighted by molar-refractivity contribution is 5.87. The molecule has 0 saturated carbocycles. The number of fused-ring (bicyclic) bond motifs is 1. The van der Waals surface area contributed by atoms with Gasteiger partial charge in [-0.3, -0.25) is 4.39 Å². The van der Waals surface area contributed by atoms with Crippen LogP contribution in [0.2, 0.25) is 0 Å². The van der Waals surface area contributed by atoms with Crippen LogP contribution in [-0.2, 0) is 6.54 Å². The summed E-state index contributed by atoms with van der Waals surface area (Å²) >= 11 is 0. The number of benzene rings is 2. The first kappa shape index (κ1) is 14.8. The first-order valence-electron chi connectivity index (χ1n) is 7.15. The lowest BCUT2D eigenvalue weighted by molar-refractivity contribution is 0.287. The Kier molecular flexibility index (Phi) is 5.36. The van der Waals surface area contributed by atoms with Crippen molar-refractivity contribution in [1.82, 2.24) is 5.32 Å². The highest BCUT2D eigenvalue weighted by Gasteiger charge is 2.09. The Morgan fingerprint density at radius 3 is 2.70 bits per heavy atom. The minimum Gasteiger partial charge on any atom is -0.493 e. The van der Waals surface area contributed by atoms with Gasteiger partial charge in [0.2, 0.25) is 0 Å². The molecule has 2 nitrogen and oxygen atoms in total. The van der Waals surface area contributed by atoms with Crippen LogP contribution in [0.3, 0.4) is 0 Å². The average Bonchev–Trinajstić information content (AvgIpc) is 2.45. The van der Waals surface area contributed by atoms with Gasteiger partial charge in [-0.15, -0.1) is 0 Å². The van der Waals surface area contributed by atoms with Crippen LogP contribution in [-0.4, -0.2) is 19.3 Å². The van der Waals surface area contributed by atoms with Gasteiger partial charge in [-0.05, 0) is 16.8 Å². The summed E-state index contributed by atoms with van der Waals surface area (Å²) in [5.74, 6) is 0.852. The minimum absolute atomic E-state index is 0.340. The molecule has 0 aliphatic rings. The second-order valence-corrected chi connectivity index (χ2v) is 5.19. The van der Waals surface area contributed by atoms with Crippen molar-refractivity contribution in [3.63, 3.8) is 0 Å². The maximum atomic E-state index is 12.2. The number of hydrogen-bond acceptors (Lipinski definition) is 2. The third-order valence-corrected chi connectivity index (χ3v) is 3.22. The predicted octanol–water partition coefficient (Wildman–Crippen LogP) is 4.08. The predicted molar refractivity (Wildman–Crippen MR) is 82.0 cm³/mol. The Bertz CT molecular complexity index is 554. The van der Waals surface area contributed by atoms with Crippen molar-refractivity contribution < 1.29 is 9.13 Å². The summed E-state index contributed by atoms with van der Waals surface area (Å²) in [6.45, 7) is 5.07. The second kappa shape index (κ2) is 7.25. The quantitative estimate of drug-likeness (QED) is 0.769. The van der Waals surface area contributed by atoms with Crippen LogP contribution in [0.15, 0.2) is 36.4 Å². The van der Waals surface area contributed by atoms with Crippen molar-refractivity contribution >= 4 is 10.8 Å². The molecule has 20 heavy (non-hydrogen) atoms. The normalized spacial score (nSPS) is 11.2. The minimum atomic E-state index is -0.340. The lowest BCUT2D eigenvalue weighted by Crippen LogP contribution is -2.22. The van der Waals surface area contributed by atoms with E-state index < -0.39 is 0 Å². The second-order valence-electron chi connectivity index (χ2n) is 5.19. The molecule has 0 fully saturated rings. The van der Waals surface area contributed by atoms with Gasteiger partial charge >= 0.3 is 0 Å². The Morgan fingerprint density at radius 2 is 1.95 bits per heavy atom. The first-order valence-corrected chi connectivity index (χ1v) is 7.15. The van der Waals surface area contributed by atoms with Crippen LogP contribution >= 0.6 is 0 Å². The fourth-order valence-electron chi connectivity index (χ4n) is 2.18. The standard InChI is InChI=1S/C17H22FNO/c1-13(2)19-12-16-15-7-4-3-6-14(15)8-9-17(16)20-11-5-10-18/h3-4,6-9,13,19H,5,10-12H2,1-2H3. The lowest BCUT2D eigenvalue weighted by atomic mass is 10.0. The number of halogens is 1. The third-order valence-electron chi connectivity index (χ3n) is 3.22. The fraction of sp³-hybridized carbons (Fsp3) is 0.412. The molecule has 2 rings (SSSR count). The molecule has 0 spiro atoms. The summed E-state index contributed by atoms with van der Waals surface area (Å²) in [4.78, 5) is 0. The Hall–Kier alpha value is -1.61. The van der Waals surface area contributed by atoms with E-state index in [1.54, 1.807) is 0 Å². The summed E-state index contributed by atoms with van der Waals surface area (Å²) < 4.78 is 17.9. The third kappa shape index (κ3) is 3.70. The van der Waals surface area contributed by atoms with Crippen LogP contribution in [0, 0.1) is 0 Å². The summed E-state index contributed by atoms with van der Waals surface area (Å²) in [5, 5.41) is 5.82. The van der Waals surface area contributed by atoms with E-state index in [9.17, 15) is 4.39 Å². The molecule has 1 N–H and O–H groups in total. The van der Waals surface area contributed by atoms with Crippen molar-refractivity contribution in [2.24, 2.45) is 0 Å². The summed E-state index contributed by atoms with van der Waals surface area (Å²) in [6, 6.07) is 12.7. The highest BCUT2D eigenvalue weighted by atomic mass is 19.1. The Balaban J connectivity index is 2.31. The van der Waals surface area contributed by atoms with E-state index in [4.69, 9.17) is 4.74 Å². The molecule has 0 aliphatic carbocycles. The van der Waals surface area contributed by atoms with Crippen LogP contribution in [0.1, 0.15) is 25.8 Å². The van der Waals surface area contributed by atoms with Crippen LogP contribution in [0.5, 0.6) is 5.75 Å². The van der Waals surface area contributed by atoms with E-state index in [2.05, 4.69) is 37.4 Å². The molecule has 0 unspecified atom stereocenters. The molecule has 0 radical (unpaired) electrons. The van der Waals surface area contributed by atoms with Gasteiger partial charge in [-0.2, -0.15) is 0 Å². The van der Waals surface area contributed by atoms with E-state index in [1.807, 2.05) is 18.2 Å². The summed E-state index contributed by atoms with van der Waals surface area (Å²) in [5.41, 5.74) is 1.15. The molecule has 108 valence electrons. The maximum Gasteiger partial charge on any atom is 0.124 e. The molecule has 2 aromatic rings. The van der Waals surface area contributed by atoms with Crippen LogP contribution < -0.4 is 10.1 Å². The molecular weight excluding hydrogens is 253 g/mol. The zero-order valence-electron chi connectivity index (χ0n) is 12.2. The van der Waals surface area contributed by atoms with Crippen LogP contribution in [0.4, 0.5) is 4.39 Å². The fourth-order valence-corrected chi connectivity index (χ4v) is 2.18. The zero-order chi connectivity index (χ0) is 14.4. The van der Waals surface area contributed by atoms with Crippen molar-refractivity contribution in [3.8, 4) is 5.75 Å². The van der Waals surface area contributed by atoms with E-state index in [0.717, 1.165) is 17.9 Å². The Morgan fingerprint density at radius 1 is 1.15 bits per heavy atom. The van der Waals surface area contributed by atoms with Gasteiger partial charge in [-0.1, -0.05) is 44.2 Å². The van der Waals surface area contributed by atoms with E-state index in [0.29, 0.717) is 19.1 Å². The first-order chi connectivity index (χ1) is 9.72. The van der Waals surface area contributed by atoms with E-state index in [1.165, 1.54) is 10.8 Å². The van der Waals surface area contributed by atoms with Crippen molar-refractivity contribution in [2.45, 2.75) is 32.9 Å². The van der Waals surface area contributed by atoms with Gasteiger partial charge in [0.1, 0.15) is 5.75 Å². The average molecular weight is 275 g/mol. The van der Waals surface area contributed by atoms with Crippen molar-refractivity contribution in [3.05, 3.63) is 42.0 Å². The van der Waals surface area contributed by atoms with Gasteiger partial charge < -0.3 is 10.1 Å². The van der Waals surface area contributed by atoms with Crippen LogP contribution in [0.25, 0.3) is 10.8 Å². The number of alkyl halides is 1. The van der Waals surface area contributed by atoms with Gasteiger partial charge in [0.15, 0.2) is 0 Å². The maximum absolute atomic E-state index is 12.2. The molecule has 0 aliphatic heterocycles. The number of nitrogens with one attached hydrogen (secondary N) is 1. The molecule has 2 aromatic carbocycles. The van der Waals surface area contributed by atoms with Crippen molar-refractivity contribution in [2.75, 3.05) is 13.3 Å². The van der Waals surface area contributed by atoms with Crippen molar-refractivity contribution in [1.29, 1.82) is 0 Å². The summed E-state index contributed by atoms with van der Waals surface area (Å²) in [6.07, 6.45) is 0.434. The number of ether oxygens (including phenoxy) is 1. The van der Waals surface area contributed by atoms with Gasteiger partial charge in [0.05, 0.1) is 13.3 Å². The van der Waals surface area contributed by atoms with E-state index in [-0.39, 0.29) is 6.67 Å². The number of hydrogen-bond donors (Lipinski definition) is 1. The van der Waals surface area contributed by atoms with Gasteiger partial charge in [-0.25, -0.2) is 0 Å². The molecule has 0 atom stereocenters. The zero-order valence-corrected chi connectivity index (χ0v) is 12.2. The molecular formula is C17H22FNO. The molecule has 0 heterocycles. The lowest BCUT2D eigenvalue weighted by Gasteiger charge is -2.16. The van der Waals surface area contributed by atoms with Gasteiger partial charge in [0, 0.05) is 24.6 Å². The molecule has 0 saturated heterocycles. The Labute approximate surface area is 119 Å². The number of rotatable bonds is 7. The SMILES string of the molecule is CC(C)NCc1c(OCCCF)ccc2ccccc12. The highest BCUT2D eigenvalue weighted by Crippen LogP contribution is 2.28. The smallest absolute Gasteiger partial charge is 0.124 e. The molecule has 3 heteroatoms. The summed E-state index contributed by atoms with van der Waals surface area (Å²) in [7, 11) is 0. The topological polar surface area (TPSA) is 21.3 Å². The molecule has 0 amide bonds. The largest absolute Gasteiger partial charge is 0.493 e. The molecule has 0 bridgehead atoms. The monoisotopic (exact) mass is 275 g/mol.